The molecule has 1 unspecified atom stereocenters. The van der Waals surface area contributed by atoms with Gasteiger partial charge in [0.1, 0.15) is 18.5 Å². The maximum atomic E-state index is 11.5. The number of carbonyl (C=O) groups excluding carboxylic acids is 2. The van der Waals surface area contributed by atoms with Crippen molar-refractivity contribution < 1.29 is 23.8 Å². The first kappa shape index (κ1) is 21.0. The topological polar surface area (TPSA) is 61.8 Å². The molecule has 0 saturated heterocycles. The molecule has 0 saturated carbocycles. The largest absolute Gasteiger partial charge is 0.490 e. The molecule has 0 bridgehead atoms. The lowest BCUT2D eigenvalue weighted by Crippen LogP contribution is -2.20. The highest BCUT2D eigenvalue weighted by Crippen LogP contribution is 2.19. The van der Waals surface area contributed by atoms with Gasteiger partial charge in [0.15, 0.2) is 0 Å². The summed E-state index contributed by atoms with van der Waals surface area (Å²) in [6.45, 7) is 9.14. The predicted octanol–water partition coefficient (Wildman–Crippen LogP) is 3.96. The van der Waals surface area contributed by atoms with E-state index in [0.717, 1.165) is 29.2 Å². The highest BCUT2D eigenvalue weighted by Gasteiger charge is 2.10. The van der Waals surface area contributed by atoms with Crippen molar-refractivity contribution in [2.75, 3.05) is 13.7 Å². The first-order valence-electron chi connectivity index (χ1n) is 8.84. The number of esters is 2. The van der Waals surface area contributed by atoms with E-state index in [-0.39, 0.29) is 12.7 Å². The second-order valence-corrected chi connectivity index (χ2v) is 6.25. The van der Waals surface area contributed by atoms with E-state index >= 15 is 0 Å². The third kappa shape index (κ3) is 6.13. The molecular formula is C23H24O5. The quantitative estimate of drug-likeness (QED) is 0.487. The van der Waals surface area contributed by atoms with E-state index in [9.17, 15) is 9.59 Å². The summed E-state index contributed by atoms with van der Waals surface area (Å²) in [6, 6.07) is 15.4. The van der Waals surface area contributed by atoms with E-state index < -0.39 is 11.9 Å². The lowest BCUT2D eigenvalue weighted by atomic mass is 10.0. The van der Waals surface area contributed by atoms with Crippen molar-refractivity contribution in [3.05, 3.63) is 84.5 Å². The smallest absolute Gasteiger partial charge is 0.337 e. The summed E-state index contributed by atoms with van der Waals surface area (Å²) < 4.78 is 15.4. The van der Waals surface area contributed by atoms with Gasteiger partial charge >= 0.3 is 11.9 Å². The summed E-state index contributed by atoms with van der Waals surface area (Å²) in [5.41, 5.74) is 3.31. The molecule has 0 aliphatic carbocycles. The van der Waals surface area contributed by atoms with Crippen LogP contribution in [-0.2, 0) is 25.5 Å². The molecule has 2 aromatic carbocycles. The Kier molecular flexibility index (Phi) is 7.57. The Hall–Kier alpha value is -3.34. The van der Waals surface area contributed by atoms with Gasteiger partial charge < -0.3 is 14.2 Å². The van der Waals surface area contributed by atoms with Crippen molar-refractivity contribution in [1.82, 2.24) is 0 Å². The Morgan fingerprint density at radius 3 is 2.14 bits per heavy atom. The Morgan fingerprint density at radius 1 is 1.04 bits per heavy atom. The minimum atomic E-state index is -0.465. The van der Waals surface area contributed by atoms with Crippen molar-refractivity contribution in [3.8, 4) is 5.75 Å². The highest BCUT2D eigenvalue weighted by molar-refractivity contribution is 6.15. The molecule has 0 aliphatic rings. The van der Waals surface area contributed by atoms with Crippen LogP contribution in [0, 0.1) is 0 Å². The maximum absolute atomic E-state index is 11.5. The first-order valence-corrected chi connectivity index (χ1v) is 8.84. The molecule has 0 radical (unpaired) electrons. The number of carbonyl (C=O) groups is 2. The van der Waals surface area contributed by atoms with Gasteiger partial charge in [-0.05, 0) is 42.2 Å². The van der Waals surface area contributed by atoms with E-state index in [4.69, 9.17) is 9.47 Å². The van der Waals surface area contributed by atoms with Crippen LogP contribution >= 0.6 is 0 Å². The Morgan fingerprint density at radius 2 is 1.61 bits per heavy atom. The summed E-state index contributed by atoms with van der Waals surface area (Å²) in [7, 11) is 1.34. The summed E-state index contributed by atoms with van der Waals surface area (Å²) in [5, 5.41) is 0. The summed E-state index contributed by atoms with van der Waals surface area (Å²) in [4.78, 5) is 22.7. The number of benzene rings is 2. The molecule has 0 aliphatic heterocycles. The van der Waals surface area contributed by atoms with Crippen LogP contribution in [-0.4, -0.2) is 31.8 Å². The van der Waals surface area contributed by atoms with Crippen LogP contribution < -0.4 is 4.74 Å². The first-order chi connectivity index (χ1) is 13.4. The number of rotatable bonds is 9. The van der Waals surface area contributed by atoms with Crippen LogP contribution in [0.3, 0.4) is 0 Å². The molecule has 0 spiro atoms. The molecular weight excluding hydrogens is 356 g/mol. The number of hydrogen-bond donors (Lipinski definition) is 0. The zero-order chi connectivity index (χ0) is 20.5. The average Bonchev–Trinajstić information content (AvgIpc) is 2.72. The summed E-state index contributed by atoms with van der Waals surface area (Å²) in [6.07, 6.45) is 1.52. The molecule has 0 amide bonds. The van der Waals surface area contributed by atoms with E-state index in [1.165, 1.54) is 7.11 Å². The van der Waals surface area contributed by atoms with Crippen LogP contribution in [0.25, 0.3) is 5.57 Å². The fourth-order valence-corrected chi connectivity index (χ4v) is 2.50. The lowest BCUT2D eigenvalue weighted by molar-refractivity contribution is -0.143. The van der Waals surface area contributed by atoms with Crippen molar-refractivity contribution in [3.63, 3.8) is 0 Å². The van der Waals surface area contributed by atoms with E-state index in [2.05, 4.69) is 17.9 Å². The van der Waals surface area contributed by atoms with Gasteiger partial charge in [-0.25, -0.2) is 9.59 Å². The summed E-state index contributed by atoms with van der Waals surface area (Å²) >= 11 is 0. The van der Waals surface area contributed by atoms with Gasteiger partial charge in [0, 0.05) is 6.08 Å². The normalized spacial score (nSPS) is 11.2. The lowest BCUT2D eigenvalue weighted by Gasteiger charge is -2.13. The van der Waals surface area contributed by atoms with Crippen molar-refractivity contribution >= 4 is 17.5 Å². The standard InChI is InChI=1S/C23H24O5/c1-5-22(24)28-16(2)15-27-21-12-8-19(9-13-21)14-18-6-10-20(11-7-18)17(3)23(25)26-4/h5-13,16H,1,3,14-15H2,2,4H3. The second-order valence-electron chi connectivity index (χ2n) is 6.25. The van der Waals surface area contributed by atoms with Gasteiger partial charge in [-0.1, -0.05) is 49.6 Å². The predicted molar refractivity (Wildman–Crippen MR) is 108 cm³/mol. The van der Waals surface area contributed by atoms with E-state index in [1.54, 1.807) is 6.92 Å². The van der Waals surface area contributed by atoms with E-state index in [0.29, 0.717) is 11.3 Å². The minimum absolute atomic E-state index is 0.268. The Bertz CT molecular complexity index is 834. The molecule has 0 fully saturated rings. The third-order valence-electron chi connectivity index (χ3n) is 4.03. The van der Waals surface area contributed by atoms with Crippen molar-refractivity contribution in [2.45, 2.75) is 19.4 Å². The second kappa shape index (κ2) is 10.1. The van der Waals surface area contributed by atoms with Crippen molar-refractivity contribution in [2.24, 2.45) is 0 Å². The van der Waals surface area contributed by atoms with Gasteiger partial charge in [-0.3, -0.25) is 0 Å². The van der Waals surface area contributed by atoms with Crippen LogP contribution in [0.4, 0.5) is 0 Å². The van der Waals surface area contributed by atoms with Gasteiger partial charge in [-0.15, -0.1) is 0 Å². The molecule has 2 rings (SSSR count). The van der Waals surface area contributed by atoms with Crippen LogP contribution in [0.2, 0.25) is 0 Å². The monoisotopic (exact) mass is 380 g/mol. The minimum Gasteiger partial charge on any atom is -0.490 e. The van der Waals surface area contributed by atoms with Crippen LogP contribution in [0.5, 0.6) is 5.75 Å². The molecule has 0 aromatic heterocycles. The maximum Gasteiger partial charge on any atom is 0.337 e. The molecule has 0 heterocycles. The van der Waals surface area contributed by atoms with Crippen LogP contribution in [0.15, 0.2) is 67.8 Å². The molecule has 5 nitrogen and oxygen atoms in total. The van der Waals surface area contributed by atoms with Gasteiger partial charge in [-0.2, -0.15) is 0 Å². The highest BCUT2D eigenvalue weighted by atomic mass is 16.6. The molecule has 2 aromatic rings. The third-order valence-corrected chi connectivity index (χ3v) is 4.03. The molecule has 5 heteroatoms. The zero-order valence-electron chi connectivity index (χ0n) is 16.1. The summed E-state index contributed by atoms with van der Waals surface area (Å²) in [5.74, 6) is -0.195. The van der Waals surface area contributed by atoms with Gasteiger partial charge in [0.05, 0.1) is 12.7 Å². The fourth-order valence-electron chi connectivity index (χ4n) is 2.50. The average molecular weight is 380 g/mol. The molecule has 146 valence electrons. The number of ether oxygens (including phenoxy) is 3. The number of hydrogen-bond acceptors (Lipinski definition) is 5. The molecule has 1 atom stereocenters. The number of methoxy groups -OCH3 is 1. The molecule has 28 heavy (non-hydrogen) atoms. The molecule has 0 N–H and O–H groups in total. The Balaban J connectivity index is 1.90. The van der Waals surface area contributed by atoms with E-state index in [1.807, 2.05) is 48.5 Å². The van der Waals surface area contributed by atoms with Crippen molar-refractivity contribution in [1.29, 1.82) is 0 Å². The zero-order valence-corrected chi connectivity index (χ0v) is 16.1. The van der Waals surface area contributed by atoms with Crippen LogP contribution in [0.1, 0.15) is 23.6 Å². The Labute approximate surface area is 165 Å². The van der Waals surface area contributed by atoms with Gasteiger partial charge in [0.2, 0.25) is 0 Å². The SMILES string of the molecule is C=CC(=O)OC(C)COc1ccc(Cc2ccc(C(=C)C(=O)OC)cc2)cc1. The fraction of sp³-hybridized carbons (Fsp3) is 0.217. The van der Waals surface area contributed by atoms with Gasteiger partial charge in [0.25, 0.3) is 0 Å².